The van der Waals surface area contributed by atoms with Crippen LogP contribution in [0.15, 0.2) is 60.8 Å². The molecule has 0 fully saturated rings. The predicted molar refractivity (Wildman–Crippen MR) is 141 cm³/mol. The van der Waals surface area contributed by atoms with Crippen LogP contribution in [0, 0.1) is 0 Å². The molecule has 0 spiro atoms. The van der Waals surface area contributed by atoms with E-state index in [9.17, 15) is 4.79 Å². The van der Waals surface area contributed by atoms with Gasteiger partial charge in [0, 0.05) is 17.2 Å². The van der Waals surface area contributed by atoms with Crippen molar-refractivity contribution < 1.29 is 33.0 Å². The fraction of sp³-hybridized carbons (Fsp3) is 0.172. The van der Waals surface area contributed by atoms with Gasteiger partial charge in [0.15, 0.2) is 35.7 Å². The van der Waals surface area contributed by atoms with Crippen molar-refractivity contribution in [3.05, 3.63) is 71.9 Å². The Morgan fingerprint density at radius 3 is 2.59 bits per heavy atom. The number of rotatable bonds is 4. The molecule has 7 nitrogen and oxygen atoms in total. The van der Waals surface area contributed by atoms with E-state index in [0.29, 0.717) is 22.8 Å². The number of ether oxygens (including phenoxy) is 5. The van der Waals surface area contributed by atoms with E-state index in [2.05, 4.69) is 29.0 Å². The molecule has 0 unspecified atom stereocenters. The standard InChI is InChI=1S/C29H22NO6.ClH/c1-32-18-5-3-4-17(12-18)29(31)36-28-22-14-30-11-10-16-13-24-27(35-15-34-24)21-7-6-20(26(30)25(16)21)19(22)8-9-23(28)33-2;/h3-9,12-14H,10-11,15H2,1-2H3;1H/q+1;. The molecule has 3 heterocycles. The fourth-order valence-corrected chi connectivity index (χ4v) is 5.40. The van der Waals surface area contributed by atoms with Crippen LogP contribution in [0.2, 0.25) is 0 Å². The highest BCUT2D eigenvalue weighted by atomic mass is 35.5. The molecular formula is C29H23ClNO6+. The number of fused-ring (bicyclic) bond motifs is 4. The summed E-state index contributed by atoms with van der Waals surface area (Å²) in [6, 6.07) is 17.1. The number of hydrogen-bond donors (Lipinski definition) is 0. The van der Waals surface area contributed by atoms with Gasteiger partial charge in [-0.1, -0.05) is 6.07 Å². The summed E-state index contributed by atoms with van der Waals surface area (Å²) in [7, 11) is 3.14. The first-order valence-corrected chi connectivity index (χ1v) is 11.7. The summed E-state index contributed by atoms with van der Waals surface area (Å²) in [5.74, 6) is 2.60. The summed E-state index contributed by atoms with van der Waals surface area (Å²) in [6.45, 7) is 1.03. The minimum atomic E-state index is -0.480. The highest BCUT2D eigenvalue weighted by Gasteiger charge is 2.30. The highest BCUT2D eigenvalue weighted by Crippen LogP contribution is 2.46. The van der Waals surface area contributed by atoms with E-state index in [1.165, 1.54) is 10.9 Å². The predicted octanol–water partition coefficient (Wildman–Crippen LogP) is 5.38. The van der Waals surface area contributed by atoms with Crippen molar-refractivity contribution in [1.29, 1.82) is 0 Å². The monoisotopic (exact) mass is 516 g/mol. The molecule has 186 valence electrons. The van der Waals surface area contributed by atoms with Crippen LogP contribution in [0.5, 0.6) is 28.7 Å². The maximum absolute atomic E-state index is 13.1. The molecule has 4 aromatic carbocycles. The number of nitrogens with zero attached hydrogens (tertiary/aromatic N) is 1. The molecule has 0 radical (unpaired) electrons. The van der Waals surface area contributed by atoms with Crippen LogP contribution in [0.25, 0.3) is 32.4 Å². The first-order chi connectivity index (χ1) is 17.7. The average molecular weight is 517 g/mol. The molecule has 0 saturated heterocycles. The lowest BCUT2D eigenvalue weighted by Crippen LogP contribution is -2.38. The number of pyridine rings is 1. The van der Waals surface area contributed by atoms with Crippen LogP contribution < -0.4 is 28.3 Å². The number of hydrogen-bond acceptors (Lipinski definition) is 6. The van der Waals surface area contributed by atoms with Crippen LogP contribution in [-0.2, 0) is 13.0 Å². The van der Waals surface area contributed by atoms with Gasteiger partial charge in [-0.05, 0) is 54.1 Å². The number of benzene rings is 4. The Bertz CT molecular complexity index is 1750. The molecule has 1 aromatic heterocycles. The van der Waals surface area contributed by atoms with E-state index in [-0.39, 0.29) is 19.2 Å². The van der Waals surface area contributed by atoms with E-state index in [1.54, 1.807) is 38.5 Å². The smallest absolute Gasteiger partial charge is 0.343 e. The third-order valence-corrected chi connectivity index (χ3v) is 7.05. The number of carbonyl (C=O) groups is 1. The quantitative estimate of drug-likeness (QED) is 0.138. The summed E-state index contributed by atoms with van der Waals surface area (Å²) in [5, 5.41) is 5.08. The molecule has 0 saturated carbocycles. The first kappa shape index (κ1) is 23.2. The van der Waals surface area contributed by atoms with Gasteiger partial charge in [0.1, 0.15) is 5.75 Å². The van der Waals surface area contributed by atoms with E-state index in [1.807, 2.05) is 12.1 Å². The zero-order chi connectivity index (χ0) is 24.4. The zero-order valence-corrected chi connectivity index (χ0v) is 21.0. The van der Waals surface area contributed by atoms with E-state index < -0.39 is 5.97 Å². The molecule has 0 bridgehead atoms. The van der Waals surface area contributed by atoms with Gasteiger partial charge in [-0.25, -0.2) is 4.79 Å². The molecule has 5 aromatic rings. The Kier molecular flexibility index (Phi) is 5.46. The second-order valence-corrected chi connectivity index (χ2v) is 8.91. The second kappa shape index (κ2) is 8.71. The Morgan fingerprint density at radius 2 is 1.76 bits per heavy atom. The molecule has 8 heteroatoms. The zero-order valence-electron chi connectivity index (χ0n) is 20.2. The van der Waals surface area contributed by atoms with Gasteiger partial charge in [-0.15, -0.1) is 12.4 Å². The lowest BCUT2D eigenvalue weighted by atomic mass is 9.93. The largest absolute Gasteiger partial charge is 0.497 e. The lowest BCUT2D eigenvalue weighted by Gasteiger charge is -2.18. The lowest BCUT2D eigenvalue weighted by molar-refractivity contribution is -0.670. The third-order valence-electron chi connectivity index (χ3n) is 7.05. The Morgan fingerprint density at radius 1 is 0.919 bits per heavy atom. The fourth-order valence-electron chi connectivity index (χ4n) is 5.40. The molecule has 37 heavy (non-hydrogen) atoms. The number of halogens is 1. The molecular weight excluding hydrogens is 494 g/mol. The number of methoxy groups -OCH3 is 2. The molecule has 0 amide bonds. The first-order valence-electron chi connectivity index (χ1n) is 11.7. The highest BCUT2D eigenvalue weighted by molar-refractivity contribution is 6.17. The van der Waals surface area contributed by atoms with Gasteiger partial charge < -0.3 is 23.7 Å². The summed E-state index contributed by atoms with van der Waals surface area (Å²) in [6.07, 6.45) is 2.92. The van der Waals surface area contributed by atoms with Gasteiger partial charge in [0.25, 0.3) is 0 Å². The van der Waals surface area contributed by atoms with Gasteiger partial charge >= 0.3 is 5.97 Å². The number of aryl methyl sites for hydroxylation is 2. The minimum absolute atomic E-state index is 0. The number of aromatic nitrogens is 1. The summed E-state index contributed by atoms with van der Waals surface area (Å²) < 4.78 is 30.6. The van der Waals surface area contributed by atoms with Crippen LogP contribution in [0.4, 0.5) is 0 Å². The number of esters is 1. The Labute approximate surface area is 218 Å². The third kappa shape index (κ3) is 3.42. The van der Waals surface area contributed by atoms with Crippen LogP contribution in [-0.4, -0.2) is 27.0 Å². The maximum Gasteiger partial charge on any atom is 0.343 e. The summed E-state index contributed by atoms with van der Waals surface area (Å²) in [5.41, 5.74) is 2.78. The second-order valence-electron chi connectivity index (χ2n) is 8.91. The van der Waals surface area contributed by atoms with Crippen molar-refractivity contribution in [3.8, 4) is 28.7 Å². The maximum atomic E-state index is 13.1. The molecule has 0 atom stereocenters. The van der Waals surface area contributed by atoms with Crippen molar-refractivity contribution in [2.24, 2.45) is 0 Å². The van der Waals surface area contributed by atoms with Gasteiger partial charge in [-0.3, -0.25) is 0 Å². The van der Waals surface area contributed by atoms with Crippen molar-refractivity contribution in [3.63, 3.8) is 0 Å². The Hall–Kier alpha value is -4.23. The van der Waals surface area contributed by atoms with Gasteiger partial charge in [0.2, 0.25) is 12.3 Å². The van der Waals surface area contributed by atoms with Crippen molar-refractivity contribution in [2.75, 3.05) is 21.0 Å². The summed E-state index contributed by atoms with van der Waals surface area (Å²) >= 11 is 0. The topological polar surface area (TPSA) is 67.1 Å². The van der Waals surface area contributed by atoms with E-state index in [0.717, 1.165) is 51.5 Å². The molecule has 0 N–H and O–H groups in total. The molecule has 2 aliphatic rings. The minimum Gasteiger partial charge on any atom is -0.497 e. The van der Waals surface area contributed by atoms with E-state index in [4.69, 9.17) is 23.7 Å². The Balaban J connectivity index is 0.00000252. The van der Waals surface area contributed by atoms with Crippen molar-refractivity contribution >= 4 is 50.8 Å². The SMILES string of the molecule is COc1cccc(C(=O)Oc2c(OC)ccc3c2c[n+]2c4c3ccc3c5c(cc(c34)CC2)OCO5)c1.Cl. The number of carbonyl (C=O) groups excluding carboxylic acids is 1. The normalized spacial score (nSPS) is 13.1. The average Bonchev–Trinajstić information content (AvgIpc) is 3.40. The van der Waals surface area contributed by atoms with Crippen LogP contribution in [0.3, 0.4) is 0 Å². The molecule has 7 rings (SSSR count). The van der Waals surface area contributed by atoms with E-state index >= 15 is 0 Å². The van der Waals surface area contributed by atoms with Crippen LogP contribution in [0.1, 0.15) is 15.9 Å². The van der Waals surface area contributed by atoms with Gasteiger partial charge in [0.05, 0.1) is 35.9 Å². The van der Waals surface area contributed by atoms with Crippen LogP contribution >= 0.6 is 12.4 Å². The summed E-state index contributed by atoms with van der Waals surface area (Å²) in [4.78, 5) is 13.1. The van der Waals surface area contributed by atoms with Crippen molar-refractivity contribution in [1.82, 2.24) is 0 Å². The van der Waals surface area contributed by atoms with Crippen molar-refractivity contribution in [2.45, 2.75) is 13.0 Å². The van der Waals surface area contributed by atoms with Gasteiger partial charge in [-0.2, -0.15) is 4.57 Å². The molecule has 0 aliphatic carbocycles. The molecule has 2 aliphatic heterocycles.